The van der Waals surface area contributed by atoms with E-state index >= 15 is 0 Å². The van der Waals surface area contributed by atoms with Crippen LogP contribution in [0.1, 0.15) is 30.3 Å². The number of rotatable bonds is 8. The van der Waals surface area contributed by atoms with Crippen molar-refractivity contribution in [1.82, 2.24) is 14.9 Å². The molecular formula is C26H26ClF3N8O2. The highest BCUT2D eigenvalue weighted by molar-refractivity contribution is 6.31. The fourth-order valence-electron chi connectivity index (χ4n) is 4.48. The molecule has 0 spiro atoms. The van der Waals surface area contributed by atoms with Crippen molar-refractivity contribution < 1.29 is 22.7 Å². The summed E-state index contributed by atoms with van der Waals surface area (Å²) in [7, 11) is 1.89. The number of nitrogens with two attached hydrogens (primary N) is 3. The number of carbonyl (C=O) groups is 1. The number of hydrogen-bond donors (Lipinski definition) is 4. The van der Waals surface area contributed by atoms with Gasteiger partial charge in [-0.05, 0) is 60.9 Å². The van der Waals surface area contributed by atoms with E-state index in [-0.39, 0.29) is 11.7 Å². The number of aromatic amines is 1. The maximum Gasteiger partial charge on any atom is 0.573 e. The zero-order valence-corrected chi connectivity index (χ0v) is 21.9. The molecule has 1 aromatic heterocycles. The van der Waals surface area contributed by atoms with Gasteiger partial charge in [-0.1, -0.05) is 17.7 Å². The van der Waals surface area contributed by atoms with Gasteiger partial charge in [0.15, 0.2) is 5.75 Å². The number of hydrazine groups is 1. The van der Waals surface area contributed by atoms with Crippen molar-refractivity contribution in [2.45, 2.75) is 25.2 Å². The lowest BCUT2D eigenvalue weighted by molar-refractivity contribution is -0.274. The van der Waals surface area contributed by atoms with Crippen LogP contribution in [0.4, 0.5) is 24.5 Å². The number of hydrazone groups is 1. The lowest BCUT2D eigenvalue weighted by Gasteiger charge is -2.22. The van der Waals surface area contributed by atoms with Gasteiger partial charge in [0.1, 0.15) is 18.4 Å². The SMILES string of the molecule is CN1/C(=C\C(=C/C=O)c2cc(Cl)ccc2N(N)/C=N\N)CCC1c1ncc(-c2ccc(N)c(OC(F)(F)F)c2)[nH]1. The molecule has 2 aromatic carbocycles. The maximum absolute atomic E-state index is 12.7. The largest absolute Gasteiger partial charge is 0.573 e. The molecule has 1 fully saturated rings. The Balaban J connectivity index is 1.61. The number of benzene rings is 2. The van der Waals surface area contributed by atoms with Crippen molar-refractivity contribution >= 4 is 41.2 Å². The summed E-state index contributed by atoms with van der Waals surface area (Å²) in [6.45, 7) is 0. The fourth-order valence-corrected chi connectivity index (χ4v) is 4.66. The molecule has 0 bridgehead atoms. The maximum atomic E-state index is 12.7. The van der Waals surface area contributed by atoms with Crippen LogP contribution < -0.4 is 27.2 Å². The topological polar surface area (TPSA) is 152 Å². The van der Waals surface area contributed by atoms with Crippen LogP contribution in [0.3, 0.4) is 0 Å². The summed E-state index contributed by atoms with van der Waals surface area (Å²) < 4.78 is 42.3. The molecule has 1 aliphatic rings. The van der Waals surface area contributed by atoms with Crippen LogP contribution in [0.5, 0.6) is 5.75 Å². The molecule has 10 nitrogen and oxygen atoms in total. The van der Waals surface area contributed by atoms with Crippen molar-refractivity contribution in [2.24, 2.45) is 16.8 Å². The van der Waals surface area contributed by atoms with E-state index in [9.17, 15) is 18.0 Å². The van der Waals surface area contributed by atoms with Crippen LogP contribution in [0.2, 0.25) is 5.02 Å². The number of ether oxygens (including phenoxy) is 1. The van der Waals surface area contributed by atoms with Crippen molar-refractivity contribution in [3.8, 4) is 17.0 Å². The molecule has 4 rings (SSSR count). The molecule has 0 radical (unpaired) electrons. The monoisotopic (exact) mass is 574 g/mol. The van der Waals surface area contributed by atoms with Crippen LogP contribution in [-0.4, -0.2) is 40.9 Å². The second-order valence-electron chi connectivity index (χ2n) is 8.87. The Morgan fingerprint density at radius 2 is 2.08 bits per heavy atom. The van der Waals surface area contributed by atoms with Gasteiger partial charge in [-0.15, -0.1) is 13.2 Å². The first kappa shape index (κ1) is 28.5. The first-order valence-corrected chi connectivity index (χ1v) is 12.2. The van der Waals surface area contributed by atoms with Gasteiger partial charge in [-0.2, -0.15) is 5.10 Å². The average Bonchev–Trinajstić information content (AvgIpc) is 3.51. The van der Waals surface area contributed by atoms with Gasteiger partial charge in [-0.25, -0.2) is 10.8 Å². The van der Waals surface area contributed by atoms with Crippen LogP contribution in [0.25, 0.3) is 16.8 Å². The van der Waals surface area contributed by atoms with Crippen LogP contribution in [0, 0.1) is 0 Å². The van der Waals surface area contributed by atoms with Crippen LogP contribution in [-0.2, 0) is 4.79 Å². The molecule has 1 unspecified atom stereocenters. The van der Waals surface area contributed by atoms with E-state index < -0.39 is 12.1 Å². The van der Waals surface area contributed by atoms with Gasteiger partial charge in [0, 0.05) is 28.9 Å². The number of anilines is 2. The second kappa shape index (κ2) is 11.7. The third kappa shape index (κ3) is 6.38. The van der Waals surface area contributed by atoms with Gasteiger partial charge in [0.2, 0.25) is 0 Å². The number of hydrogen-bond acceptors (Lipinski definition) is 8. The van der Waals surface area contributed by atoms with E-state index in [0.717, 1.165) is 5.70 Å². The number of alkyl halides is 3. The summed E-state index contributed by atoms with van der Waals surface area (Å²) in [5.74, 6) is 11.4. The highest BCUT2D eigenvalue weighted by Gasteiger charge is 2.32. The van der Waals surface area contributed by atoms with E-state index in [1.54, 1.807) is 30.5 Å². The number of nitrogens with zero attached hydrogens (tertiary/aromatic N) is 4. The van der Waals surface area contributed by atoms with Crippen molar-refractivity contribution in [3.63, 3.8) is 0 Å². The van der Waals surface area contributed by atoms with E-state index in [4.69, 9.17) is 29.0 Å². The lowest BCUT2D eigenvalue weighted by atomic mass is 10.0. The van der Waals surface area contributed by atoms with Gasteiger partial charge in [0.05, 0.1) is 29.3 Å². The number of allylic oxidation sites excluding steroid dienone is 4. The minimum absolute atomic E-state index is 0.138. The molecule has 0 aliphatic carbocycles. The number of likely N-dealkylation sites (tertiary alicyclic amines) is 1. The first-order chi connectivity index (χ1) is 19.0. The van der Waals surface area contributed by atoms with Crippen LogP contribution >= 0.6 is 11.6 Å². The van der Waals surface area contributed by atoms with Crippen molar-refractivity contribution in [3.05, 3.63) is 76.9 Å². The van der Waals surface area contributed by atoms with Crippen molar-refractivity contribution in [2.75, 3.05) is 17.8 Å². The quantitative estimate of drug-likeness (QED) is 0.0573. The number of carbonyl (C=O) groups excluding carboxylic acids is 1. The average molecular weight is 575 g/mol. The normalized spacial score (nSPS) is 17.1. The molecule has 1 saturated heterocycles. The molecule has 14 heteroatoms. The standard InChI is InChI=1S/C26H26ClF3N8O2/c1-37-18(10-15(8-9-39)19-12-17(27)3-6-22(19)38(33)14-35-32)4-7-23(37)25-34-13-21(36-25)16-2-5-20(31)24(11-16)40-26(28,29)30/h2-3,5-6,8-14,23H,4,7,31-33H2,1H3,(H,34,36)/b15-8+,18-10-,35-14-. The number of aldehydes is 1. The molecule has 40 heavy (non-hydrogen) atoms. The third-order valence-electron chi connectivity index (χ3n) is 6.36. The minimum atomic E-state index is -4.87. The van der Waals surface area contributed by atoms with Crippen LogP contribution in [0.15, 0.2) is 65.5 Å². The van der Waals surface area contributed by atoms with E-state index in [2.05, 4.69) is 19.8 Å². The molecule has 3 aromatic rings. The Morgan fingerprint density at radius 3 is 2.77 bits per heavy atom. The highest BCUT2D eigenvalue weighted by Crippen LogP contribution is 2.39. The molecule has 1 atom stereocenters. The van der Waals surface area contributed by atoms with E-state index in [1.807, 2.05) is 18.0 Å². The number of nitrogens with one attached hydrogen (secondary N) is 1. The predicted molar refractivity (Wildman–Crippen MR) is 148 cm³/mol. The summed E-state index contributed by atoms with van der Waals surface area (Å²) >= 11 is 6.25. The van der Waals surface area contributed by atoms with E-state index in [0.29, 0.717) is 58.1 Å². The number of aromatic nitrogens is 2. The molecule has 0 saturated carbocycles. The highest BCUT2D eigenvalue weighted by atomic mass is 35.5. The zero-order valence-electron chi connectivity index (χ0n) is 21.2. The second-order valence-corrected chi connectivity index (χ2v) is 9.31. The number of H-pyrrole nitrogens is 1. The number of nitrogen functional groups attached to an aromatic ring is 1. The van der Waals surface area contributed by atoms with E-state index in [1.165, 1.54) is 29.6 Å². The summed E-state index contributed by atoms with van der Waals surface area (Å²) in [6.07, 6.45) is 3.19. The Hall–Kier alpha value is -4.49. The zero-order chi connectivity index (χ0) is 29.0. The Morgan fingerprint density at radius 1 is 1.30 bits per heavy atom. The van der Waals surface area contributed by atoms with Gasteiger partial charge >= 0.3 is 6.36 Å². The molecular weight excluding hydrogens is 549 g/mol. The predicted octanol–water partition coefficient (Wildman–Crippen LogP) is 4.73. The van der Waals surface area contributed by atoms with Crippen molar-refractivity contribution in [1.29, 1.82) is 0 Å². The molecule has 2 heterocycles. The lowest BCUT2D eigenvalue weighted by Crippen LogP contribution is -2.30. The summed E-state index contributed by atoms with van der Waals surface area (Å²) in [5.41, 5.74) is 9.03. The molecule has 7 N–H and O–H groups in total. The fraction of sp³-hybridized carbons (Fsp3) is 0.192. The summed E-state index contributed by atoms with van der Waals surface area (Å²) in [5, 5.41) is 5.11. The Labute approximate surface area is 232 Å². The molecule has 210 valence electrons. The Kier molecular flexibility index (Phi) is 8.35. The first-order valence-electron chi connectivity index (χ1n) is 11.9. The third-order valence-corrected chi connectivity index (χ3v) is 6.60. The minimum Gasteiger partial charge on any atom is -0.404 e. The Bertz CT molecular complexity index is 1480. The smallest absolute Gasteiger partial charge is 0.404 e. The van der Waals surface area contributed by atoms with Gasteiger partial charge in [-0.3, -0.25) is 9.80 Å². The van der Waals surface area contributed by atoms with Gasteiger partial charge in [0.25, 0.3) is 0 Å². The summed E-state index contributed by atoms with van der Waals surface area (Å²) in [6, 6.07) is 8.99. The summed E-state index contributed by atoms with van der Waals surface area (Å²) in [4.78, 5) is 21.2. The van der Waals surface area contributed by atoms with Gasteiger partial charge < -0.3 is 26.2 Å². The number of halogens is 4. The number of imidazole rings is 1. The molecule has 1 aliphatic heterocycles. The molecule has 0 amide bonds.